The number of carbonyl (C=O) groups excluding carboxylic acids is 2. The maximum atomic E-state index is 11.7. The highest BCUT2D eigenvalue weighted by molar-refractivity contribution is 5.97. The van der Waals surface area contributed by atoms with E-state index in [1.807, 2.05) is 0 Å². The number of esters is 1. The van der Waals surface area contributed by atoms with Crippen LogP contribution in [0.15, 0.2) is 18.2 Å². The van der Waals surface area contributed by atoms with E-state index in [4.69, 9.17) is 9.84 Å². The van der Waals surface area contributed by atoms with Gasteiger partial charge >= 0.3 is 5.97 Å². The van der Waals surface area contributed by atoms with Crippen LogP contribution in [0.25, 0.3) is 0 Å². The van der Waals surface area contributed by atoms with Gasteiger partial charge in [0.25, 0.3) is 5.91 Å². The molecule has 1 heterocycles. The fourth-order valence-electron chi connectivity index (χ4n) is 1.53. The average molecular weight is 237 g/mol. The van der Waals surface area contributed by atoms with Gasteiger partial charge in [0.15, 0.2) is 11.5 Å². The van der Waals surface area contributed by atoms with Gasteiger partial charge in [0.2, 0.25) is 0 Å². The van der Waals surface area contributed by atoms with Crippen molar-refractivity contribution in [1.82, 2.24) is 5.32 Å². The summed E-state index contributed by atoms with van der Waals surface area (Å²) in [5.41, 5.74) is 0.167. The molecule has 17 heavy (non-hydrogen) atoms. The molecule has 1 fully saturated rings. The topological polar surface area (TPSA) is 95.9 Å². The summed E-state index contributed by atoms with van der Waals surface area (Å²) >= 11 is 0. The Morgan fingerprint density at radius 2 is 2.12 bits per heavy atom. The molecule has 0 saturated carbocycles. The van der Waals surface area contributed by atoms with Gasteiger partial charge < -0.3 is 20.3 Å². The summed E-state index contributed by atoms with van der Waals surface area (Å²) in [6.45, 7) is 0.296. The second-order valence-electron chi connectivity index (χ2n) is 3.69. The van der Waals surface area contributed by atoms with Crippen molar-refractivity contribution < 1.29 is 24.5 Å². The van der Waals surface area contributed by atoms with E-state index in [1.165, 1.54) is 12.1 Å². The first-order valence-corrected chi connectivity index (χ1v) is 5.07. The molecule has 0 aliphatic carbocycles. The Hall–Kier alpha value is -2.24. The van der Waals surface area contributed by atoms with Crippen LogP contribution in [0.3, 0.4) is 0 Å². The first kappa shape index (κ1) is 11.3. The van der Waals surface area contributed by atoms with Crippen LogP contribution < -0.4 is 5.32 Å². The number of phenols is 2. The van der Waals surface area contributed by atoms with E-state index in [1.54, 1.807) is 0 Å². The third-order valence-electron chi connectivity index (χ3n) is 2.48. The second kappa shape index (κ2) is 4.32. The molecule has 3 N–H and O–H groups in total. The first-order valence-electron chi connectivity index (χ1n) is 5.07. The molecule has 1 aromatic carbocycles. The SMILES string of the molecule is O=C(NC1CCOC1=O)c1ccc(O)c(O)c1. The van der Waals surface area contributed by atoms with E-state index >= 15 is 0 Å². The molecule has 0 bridgehead atoms. The maximum absolute atomic E-state index is 11.7. The summed E-state index contributed by atoms with van der Waals surface area (Å²) in [7, 11) is 0. The molecule has 1 saturated heterocycles. The molecule has 0 aromatic heterocycles. The van der Waals surface area contributed by atoms with Gasteiger partial charge in [-0.15, -0.1) is 0 Å². The average Bonchev–Trinajstić information content (AvgIpc) is 2.68. The standard InChI is InChI=1S/C11H11NO5/c13-8-2-1-6(5-9(8)14)10(15)12-7-3-4-17-11(7)16/h1-2,5,7,13-14H,3-4H2,(H,12,15). The Balaban J connectivity index is 2.09. The van der Waals surface area contributed by atoms with E-state index in [0.717, 1.165) is 6.07 Å². The van der Waals surface area contributed by atoms with Crippen LogP contribution in [0.1, 0.15) is 16.8 Å². The zero-order valence-corrected chi connectivity index (χ0v) is 8.84. The lowest BCUT2D eigenvalue weighted by Crippen LogP contribution is -2.37. The van der Waals surface area contributed by atoms with Crippen molar-refractivity contribution in [1.29, 1.82) is 0 Å². The van der Waals surface area contributed by atoms with Crippen LogP contribution in [0, 0.1) is 0 Å². The molecule has 1 aliphatic rings. The van der Waals surface area contributed by atoms with E-state index in [-0.39, 0.29) is 17.1 Å². The molecular formula is C11H11NO5. The summed E-state index contributed by atoms with van der Waals surface area (Å²) in [5, 5.41) is 20.8. The highest BCUT2D eigenvalue weighted by Crippen LogP contribution is 2.24. The number of aromatic hydroxyl groups is 2. The smallest absolute Gasteiger partial charge is 0.328 e. The van der Waals surface area contributed by atoms with Gasteiger partial charge in [-0.25, -0.2) is 4.79 Å². The molecule has 1 aliphatic heterocycles. The van der Waals surface area contributed by atoms with Crippen molar-refractivity contribution in [2.45, 2.75) is 12.5 Å². The molecule has 6 heteroatoms. The van der Waals surface area contributed by atoms with Crippen molar-refractivity contribution in [2.75, 3.05) is 6.61 Å². The van der Waals surface area contributed by atoms with E-state index < -0.39 is 17.9 Å². The maximum Gasteiger partial charge on any atom is 0.328 e. The lowest BCUT2D eigenvalue weighted by Gasteiger charge is -2.09. The number of phenolic OH excluding ortho intramolecular Hbond substituents is 2. The third kappa shape index (κ3) is 2.30. The zero-order valence-electron chi connectivity index (χ0n) is 8.84. The van der Waals surface area contributed by atoms with E-state index in [0.29, 0.717) is 13.0 Å². The van der Waals surface area contributed by atoms with Gasteiger partial charge in [-0.1, -0.05) is 0 Å². The van der Waals surface area contributed by atoms with E-state index in [2.05, 4.69) is 5.32 Å². The quantitative estimate of drug-likeness (QED) is 0.502. The van der Waals surface area contributed by atoms with Crippen LogP contribution in [-0.2, 0) is 9.53 Å². The van der Waals surface area contributed by atoms with Crippen molar-refractivity contribution in [3.8, 4) is 11.5 Å². The number of nitrogens with one attached hydrogen (secondary N) is 1. The molecule has 1 atom stereocenters. The first-order chi connectivity index (χ1) is 8.08. The van der Waals surface area contributed by atoms with Crippen molar-refractivity contribution >= 4 is 11.9 Å². The van der Waals surface area contributed by atoms with Gasteiger partial charge in [0, 0.05) is 12.0 Å². The predicted octanol–water partition coefficient (Wildman–Crippen LogP) is 0.143. The van der Waals surface area contributed by atoms with Crippen molar-refractivity contribution in [3.63, 3.8) is 0 Å². The van der Waals surface area contributed by atoms with Gasteiger partial charge in [-0.3, -0.25) is 4.79 Å². The number of hydrogen-bond donors (Lipinski definition) is 3. The summed E-state index contributed by atoms with van der Waals surface area (Å²) in [4.78, 5) is 22.8. The van der Waals surface area contributed by atoms with Crippen LogP contribution in [0.2, 0.25) is 0 Å². The number of amides is 1. The van der Waals surface area contributed by atoms with Crippen LogP contribution in [0.5, 0.6) is 11.5 Å². The summed E-state index contributed by atoms with van der Waals surface area (Å²) < 4.78 is 4.70. The molecule has 1 aromatic rings. The Labute approximate surface area is 96.8 Å². The lowest BCUT2D eigenvalue weighted by atomic mass is 10.1. The Bertz CT molecular complexity index is 471. The summed E-state index contributed by atoms with van der Waals surface area (Å²) in [6.07, 6.45) is 0.439. The minimum atomic E-state index is -0.640. The molecule has 90 valence electrons. The van der Waals surface area contributed by atoms with Crippen molar-refractivity contribution in [3.05, 3.63) is 23.8 Å². The number of hydrogen-bond acceptors (Lipinski definition) is 5. The number of benzene rings is 1. The minimum absolute atomic E-state index is 0.167. The second-order valence-corrected chi connectivity index (χ2v) is 3.69. The Morgan fingerprint density at radius 3 is 2.71 bits per heavy atom. The number of rotatable bonds is 2. The van der Waals surface area contributed by atoms with Gasteiger partial charge in [-0.05, 0) is 18.2 Å². The normalized spacial score (nSPS) is 18.8. The van der Waals surface area contributed by atoms with Gasteiger partial charge in [0.05, 0.1) is 6.61 Å². The largest absolute Gasteiger partial charge is 0.504 e. The summed E-state index contributed by atoms with van der Waals surface area (Å²) in [5.74, 6) is -1.64. The Kier molecular flexibility index (Phi) is 2.86. The Morgan fingerprint density at radius 1 is 1.35 bits per heavy atom. The zero-order chi connectivity index (χ0) is 12.4. The monoisotopic (exact) mass is 237 g/mol. The van der Waals surface area contributed by atoms with Crippen molar-refractivity contribution in [2.24, 2.45) is 0 Å². The van der Waals surface area contributed by atoms with Crippen LogP contribution in [-0.4, -0.2) is 34.7 Å². The molecule has 1 amide bonds. The molecule has 2 rings (SSSR count). The lowest BCUT2D eigenvalue weighted by molar-refractivity contribution is -0.139. The fraction of sp³-hybridized carbons (Fsp3) is 0.273. The molecule has 0 radical (unpaired) electrons. The van der Waals surface area contributed by atoms with Crippen LogP contribution >= 0.6 is 0 Å². The van der Waals surface area contributed by atoms with Crippen LogP contribution in [0.4, 0.5) is 0 Å². The van der Waals surface area contributed by atoms with Gasteiger partial charge in [-0.2, -0.15) is 0 Å². The highest BCUT2D eigenvalue weighted by Gasteiger charge is 2.28. The highest BCUT2D eigenvalue weighted by atomic mass is 16.5. The fourth-order valence-corrected chi connectivity index (χ4v) is 1.53. The van der Waals surface area contributed by atoms with Gasteiger partial charge in [0.1, 0.15) is 6.04 Å². The number of carbonyl (C=O) groups is 2. The summed E-state index contributed by atoms with van der Waals surface area (Å²) in [6, 6.07) is 3.05. The molecule has 0 spiro atoms. The number of cyclic esters (lactones) is 1. The molecular weight excluding hydrogens is 226 g/mol. The van der Waals surface area contributed by atoms with E-state index in [9.17, 15) is 14.7 Å². The molecule has 6 nitrogen and oxygen atoms in total. The minimum Gasteiger partial charge on any atom is -0.504 e. The number of ether oxygens (including phenoxy) is 1. The molecule has 1 unspecified atom stereocenters. The third-order valence-corrected chi connectivity index (χ3v) is 2.48. The predicted molar refractivity (Wildman–Crippen MR) is 56.6 cm³/mol.